The van der Waals surface area contributed by atoms with E-state index in [2.05, 4.69) is 4.98 Å². The molecule has 92 valence electrons. The molecule has 0 saturated carbocycles. The molecule has 2 aromatic rings. The maximum absolute atomic E-state index is 11.5. The second kappa shape index (κ2) is 5.31. The van der Waals surface area contributed by atoms with Gasteiger partial charge in [-0.2, -0.15) is 0 Å². The predicted octanol–water partition coefficient (Wildman–Crippen LogP) is 2.22. The first-order valence-electron chi connectivity index (χ1n) is 5.67. The number of H-pyrrole nitrogens is 1. The number of ether oxygens (including phenoxy) is 1. The van der Waals surface area contributed by atoms with E-state index in [0.717, 1.165) is 11.3 Å². The summed E-state index contributed by atoms with van der Waals surface area (Å²) < 4.78 is 4.90. The number of pyridine rings is 1. The van der Waals surface area contributed by atoms with Crippen LogP contribution >= 0.6 is 0 Å². The van der Waals surface area contributed by atoms with Crippen LogP contribution in [0.3, 0.4) is 0 Å². The molecule has 0 radical (unpaired) electrons. The van der Waals surface area contributed by atoms with Crippen molar-refractivity contribution in [2.45, 2.75) is 6.92 Å². The molecule has 0 bridgehead atoms. The number of carbonyl (C=O) groups is 1. The van der Waals surface area contributed by atoms with Crippen LogP contribution in [-0.2, 0) is 4.74 Å². The fourth-order valence-corrected chi connectivity index (χ4v) is 1.61. The van der Waals surface area contributed by atoms with E-state index in [9.17, 15) is 9.59 Å². The van der Waals surface area contributed by atoms with E-state index < -0.39 is 0 Å². The lowest BCUT2D eigenvalue weighted by molar-refractivity contribution is 0.0526. The Kier molecular flexibility index (Phi) is 3.57. The Hall–Kier alpha value is -2.36. The van der Waals surface area contributed by atoms with Gasteiger partial charge in [-0.3, -0.25) is 4.79 Å². The van der Waals surface area contributed by atoms with Gasteiger partial charge in [0, 0.05) is 24.0 Å². The molecule has 0 amide bonds. The molecule has 0 aliphatic carbocycles. The summed E-state index contributed by atoms with van der Waals surface area (Å²) >= 11 is 0. The Bertz CT molecular complexity index is 599. The predicted molar refractivity (Wildman–Crippen MR) is 68.5 cm³/mol. The van der Waals surface area contributed by atoms with Gasteiger partial charge in [0.2, 0.25) is 0 Å². The van der Waals surface area contributed by atoms with E-state index in [1.165, 1.54) is 12.1 Å². The van der Waals surface area contributed by atoms with Crippen molar-refractivity contribution in [3.05, 3.63) is 58.4 Å². The third-order valence-corrected chi connectivity index (χ3v) is 2.48. The van der Waals surface area contributed by atoms with E-state index in [1.54, 1.807) is 37.4 Å². The first-order valence-corrected chi connectivity index (χ1v) is 5.67. The molecule has 1 aromatic heterocycles. The highest BCUT2D eigenvalue weighted by molar-refractivity contribution is 5.89. The van der Waals surface area contributed by atoms with Crippen molar-refractivity contribution < 1.29 is 9.53 Å². The number of esters is 1. The molecule has 0 unspecified atom stereocenters. The Labute approximate surface area is 104 Å². The fourth-order valence-electron chi connectivity index (χ4n) is 1.61. The molecule has 1 heterocycles. The lowest BCUT2D eigenvalue weighted by Gasteiger charge is -2.04. The van der Waals surface area contributed by atoms with Crippen molar-refractivity contribution in [3.63, 3.8) is 0 Å². The maximum Gasteiger partial charge on any atom is 0.338 e. The summed E-state index contributed by atoms with van der Waals surface area (Å²) in [6, 6.07) is 9.88. The van der Waals surface area contributed by atoms with Crippen molar-refractivity contribution >= 4 is 5.97 Å². The molecule has 0 fully saturated rings. The molecule has 2 rings (SSSR count). The van der Waals surface area contributed by atoms with Crippen LogP contribution in [0.2, 0.25) is 0 Å². The number of hydrogen-bond acceptors (Lipinski definition) is 3. The number of rotatable bonds is 3. The summed E-state index contributed by atoms with van der Waals surface area (Å²) in [6.07, 6.45) is 1.59. The number of hydrogen-bond donors (Lipinski definition) is 1. The average Bonchev–Trinajstić information content (AvgIpc) is 2.39. The van der Waals surface area contributed by atoms with Crippen LogP contribution in [-0.4, -0.2) is 17.6 Å². The third-order valence-electron chi connectivity index (χ3n) is 2.48. The van der Waals surface area contributed by atoms with Gasteiger partial charge < -0.3 is 9.72 Å². The zero-order valence-corrected chi connectivity index (χ0v) is 9.97. The molecule has 0 aliphatic rings. The summed E-state index contributed by atoms with van der Waals surface area (Å²) in [5.74, 6) is -0.342. The second-order valence-corrected chi connectivity index (χ2v) is 3.74. The Balaban J connectivity index is 2.27. The van der Waals surface area contributed by atoms with Gasteiger partial charge in [0.1, 0.15) is 0 Å². The van der Waals surface area contributed by atoms with E-state index in [-0.39, 0.29) is 11.4 Å². The van der Waals surface area contributed by atoms with Crippen LogP contribution in [0.1, 0.15) is 17.3 Å². The number of aromatic nitrogens is 1. The first-order chi connectivity index (χ1) is 8.70. The van der Waals surface area contributed by atoms with Gasteiger partial charge in [0.05, 0.1) is 12.2 Å². The molecule has 0 saturated heterocycles. The minimum Gasteiger partial charge on any atom is -0.462 e. The van der Waals surface area contributed by atoms with E-state index in [0.29, 0.717) is 12.2 Å². The molecular weight excluding hydrogens is 230 g/mol. The van der Waals surface area contributed by atoms with E-state index in [4.69, 9.17) is 4.74 Å². The smallest absolute Gasteiger partial charge is 0.338 e. The Morgan fingerprint density at radius 1 is 1.22 bits per heavy atom. The van der Waals surface area contributed by atoms with Gasteiger partial charge in [-0.05, 0) is 24.6 Å². The molecule has 1 N–H and O–H groups in total. The number of aromatic amines is 1. The molecular formula is C14H13NO3. The van der Waals surface area contributed by atoms with Gasteiger partial charge in [-0.25, -0.2) is 4.79 Å². The molecule has 4 heteroatoms. The molecule has 18 heavy (non-hydrogen) atoms. The highest BCUT2D eigenvalue weighted by Gasteiger charge is 2.06. The zero-order chi connectivity index (χ0) is 13.0. The SMILES string of the molecule is CCOC(=O)c1ccc(-c2cc(=O)cc[nH]2)cc1. The lowest BCUT2D eigenvalue weighted by atomic mass is 10.1. The normalized spacial score (nSPS) is 10.1. The van der Waals surface area contributed by atoms with Crippen molar-refractivity contribution in [3.8, 4) is 11.3 Å². The Morgan fingerprint density at radius 3 is 2.56 bits per heavy atom. The van der Waals surface area contributed by atoms with Gasteiger partial charge in [0.15, 0.2) is 5.43 Å². The van der Waals surface area contributed by atoms with E-state index in [1.807, 2.05) is 0 Å². The van der Waals surface area contributed by atoms with Gasteiger partial charge in [-0.15, -0.1) is 0 Å². The summed E-state index contributed by atoms with van der Waals surface area (Å²) in [6.45, 7) is 2.12. The van der Waals surface area contributed by atoms with Crippen LogP contribution in [0.4, 0.5) is 0 Å². The van der Waals surface area contributed by atoms with Gasteiger partial charge >= 0.3 is 5.97 Å². The minimum absolute atomic E-state index is 0.0572. The lowest BCUT2D eigenvalue weighted by Crippen LogP contribution is -2.04. The largest absolute Gasteiger partial charge is 0.462 e. The highest BCUT2D eigenvalue weighted by atomic mass is 16.5. The van der Waals surface area contributed by atoms with Crippen molar-refractivity contribution in [1.29, 1.82) is 0 Å². The minimum atomic E-state index is -0.342. The Morgan fingerprint density at radius 2 is 1.94 bits per heavy atom. The fraction of sp³-hybridized carbons (Fsp3) is 0.143. The number of nitrogens with one attached hydrogen (secondary N) is 1. The van der Waals surface area contributed by atoms with E-state index >= 15 is 0 Å². The summed E-state index contributed by atoms with van der Waals surface area (Å²) in [5.41, 5.74) is 2.01. The number of benzene rings is 1. The topological polar surface area (TPSA) is 59.2 Å². The van der Waals surface area contributed by atoms with Gasteiger partial charge in [-0.1, -0.05) is 12.1 Å². The second-order valence-electron chi connectivity index (χ2n) is 3.74. The summed E-state index contributed by atoms with van der Waals surface area (Å²) in [5, 5.41) is 0. The van der Waals surface area contributed by atoms with Crippen molar-refractivity contribution in [2.75, 3.05) is 6.61 Å². The quantitative estimate of drug-likeness (QED) is 0.841. The molecule has 0 spiro atoms. The van der Waals surface area contributed by atoms with Gasteiger partial charge in [0.25, 0.3) is 0 Å². The number of carbonyl (C=O) groups excluding carboxylic acids is 1. The van der Waals surface area contributed by atoms with Crippen LogP contribution in [0, 0.1) is 0 Å². The molecule has 1 aromatic carbocycles. The standard InChI is InChI=1S/C14H13NO3/c1-2-18-14(17)11-5-3-10(4-6-11)13-9-12(16)7-8-15-13/h3-9H,2H2,1H3,(H,15,16). The summed E-state index contributed by atoms with van der Waals surface area (Å²) in [7, 11) is 0. The average molecular weight is 243 g/mol. The van der Waals surface area contributed by atoms with Crippen LogP contribution < -0.4 is 5.43 Å². The third kappa shape index (κ3) is 2.66. The van der Waals surface area contributed by atoms with Crippen molar-refractivity contribution in [2.24, 2.45) is 0 Å². The van der Waals surface area contributed by atoms with Crippen LogP contribution in [0.25, 0.3) is 11.3 Å². The molecule has 0 aliphatic heterocycles. The molecule has 0 atom stereocenters. The molecule has 4 nitrogen and oxygen atoms in total. The maximum atomic E-state index is 11.5. The zero-order valence-electron chi connectivity index (χ0n) is 9.97. The van der Waals surface area contributed by atoms with Crippen molar-refractivity contribution in [1.82, 2.24) is 4.98 Å². The highest BCUT2D eigenvalue weighted by Crippen LogP contribution is 2.16. The van der Waals surface area contributed by atoms with Crippen LogP contribution in [0.15, 0.2) is 47.4 Å². The first kappa shape index (κ1) is 12.1. The summed E-state index contributed by atoms with van der Waals surface area (Å²) in [4.78, 5) is 25.7. The monoisotopic (exact) mass is 243 g/mol. The van der Waals surface area contributed by atoms with Crippen LogP contribution in [0.5, 0.6) is 0 Å².